The molecule has 0 spiro atoms. The van der Waals surface area contributed by atoms with Gasteiger partial charge in [0.15, 0.2) is 0 Å². The van der Waals surface area contributed by atoms with Gasteiger partial charge in [0.1, 0.15) is 0 Å². The average Bonchev–Trinajstić information content (AvgIpc) is 2.00. The van der Waals surface area contributed by atoms with Gasteiger partial charge in [0, 0.05) is 6.92 Å². The van der Waals surface area contributed by atoms with Crippen LogP contribution in [0.4, 0.5) is 0 Å². The van der Waals surface area contributed by atoms with Crippen molar-refractivity contribution in [3.05, 3.63) is 0 Å². The highest BCUT2D eigenvalue weighted by Gasteiger charge is 2.01. The minimum atomic E-state index is -0.169. The number of carbonyl (C=O) groups excluding carboxylic acids is 1. The number of unbranched alkanes of at least 4 members (excludes halogenated alkanes) is 1. The smallest absolute Gasteiger partial charge is 0.302 e. The molecule has 0 amide bonds. The molecule has 0 N–H and O–H groups in total. The Balaban J connectivity index is 3.19. The van der Waals surface area contributed by atoms with Crippen LogP contribution in [0.2, 0.25) is 0 Å². The van der Waals surface area contributed by atoms with Gasteiger partial charge in [-0.1, -0.05) is 33.1 Å². The van der Waals surface area contributed by atoms with E-state index in [0.29, 0.717) is 12.5 Å². The minimum absolute atomic E-state index is 0.169. The van der Waals surface area contributed by atoms with Crippen LogP contribution in [-0.4, -0.2) is 12.6 Å². The normalized spacial score (nSPS) is 12.6. The van der Waals surface area contributed by atoms with Gasteiger partial charge in [-0.2, -0.15) is 0 Å². The summed E-state index contributed by atoms with van der Waals surface area (Å²) in [5.41, 5.74) is 0. The molecular weight excluding hydrogens is 152 g/mol. The highest BCUT2D eigenvalue weighted by atomic mass is 16.5. The summed E-state index contributed by atoms with van der Waals surface area (Å²) >= 11 is 0. The molecule has 72 valence electrons. The van der Waals surface area contributed by atoms with Gasteiger partial charge in [0.25, 0.3) is 0 Å². The van der Waals surface area contributed by atoms with Gasteiger partial charge in [-0.15, -0.1) is 0 Å². The van der Waals surface area contributed by atoms with Crippen molar-refractivity contribution >= 4 is 5.97 Å². The van der Waals surface area contributed by atoms with Crippen LogP contribution in [0.15, 0.2) is 0 Å². The molecular formula is C10H20O2. The van der Waals surface area contributed by atoms with E-state index in [0.717, 1.165) is 6.42 Å². The SMILES string of the molecule is CCCC[C@@H](C)CCOC(C)=O. The topological polar surface area (TPSA) is 26.3 Å². The van der Waals surface area contributed by atoms with Crippen LogP contribution in [-0.2, 0) is 9.53 Å². The number of carbonyl (C=O) groups is 1. The molecule has 2 nitrogen and oxygen atoms in total. The molecule has 0 aromatic rings. The van der Waals surface area contributed by atoms with E-state index in [1.807, 2.05) is 0 Å². The summed E-state index contributed by atoms with van der Waals surface area (Å²) in [5.74, 6) is 0.516. The molecule has 0 aliphatic rings. The third-order valence-corrected chi connectivity index (χ3v) is 1.97. The van der Waals surface area contributed by atoms with Gasteiger partial charge < -0.3 is 4.74 Å². The highest BCUT2D eigenvalue weighted by molar-refractivity contribution is 5.65. The van der Waals surface area contributed by atoms with Crippen molar-refractivity contribution in [2.75, 3.05) is 6.61 Å². The molecule has 2 heteroatoms. The van der Waals surface area contributed by atoms with E-state index in [-0.39, 0.29) is 5.97 Å². The predicted octanol–water partition coefficient (Wildman–Crippen LogP) is 2.77. The van der Waals surface area contributed by atoms with Gasteiger partial charge in [0.05, 0.1) is 6.61 Å². The molecule has 0 aliphatic heterocycles. The van der Waals surface area contributed by atoms with E-state index >= 15 is 0 Å². The van der Waals surface area contributed by atoms with Crippen molar-refractivity contribution < 1.29 is 9.53 Å². The Labute approximate surface area is 75.3 Å². The molecule has 0 aliphatic carbocycles. The summed E-state index contributed by atoms with van der Waals surface area (Å²) in [7, 11) is 0. The first-order valence-corrected chi connectivity index (χ1v) is 4.80. The molecule has 0 saturated carbocycles. The maximum Gasteiger partial charge on any atom is 0.302 e. The number of hydrogen-bond acceptors (Lipinski definition) is 2. The zero-order valence-corrected chi connectivity index (χ0v) is 8.43. The van der Waals surface area contributed by atoms with Gasteiger partial charge in [-0.25, -0.2) is 0 Å². The lowest BCUT2D eigenvalue weighted by Gasteiger charge is -2.09. The van der Waals surface area contributed by atoms with Gasteiger partial charge in [0.2, 0.25) is 0 Å². The largest absolute Gasteiger partial charge is 0.466 e. The quantitative estimate of drug-likeness (QED) is 0.576. The molecule has 12 heavy (non-hydrogen) atoms. The Morgan fingerprint density at radius 1 is 1.42 bits per heavy atom. The van der Waals surface area contributed by atoms with Crippen LogP contribution in [0.25, 0.3) is 0 Å². The third-order valence-electron chi connectivity index (χ3n) is 1.97. The first-order valence-electron chi connectivity index (χ1n) is 4.80. The van der Waals surface area contributed by atoms with Crippen LogP contribution in [0, 0.1) is 5.92 Å². The number of rotatable bonds is 6. The van der Waals surface area contributed by atoms with Crippen molar-refractivity contribution in [2.45, 2.75) is 46.5 Å². The zero-order chi connectivity index (χ0) is 9.40. The lowest BCUT2D eigenvalue weighted by atomic mass is 10.0. The van der Waals surface area contributed by atoms with Crippen molar-refractivity contribution in [1.29, 1.82) is 0 Å². The summed E-state index contributed by atoms with van der Waals surface area (Å²) in [6.45, 7) is 6.44. The predicted molar refractivity (Wildman–Crippen MR) is 49.9 cm³/mol. The number of ether oxygens (including phenoxy) is 1. The molecule has 0 unspecified atom stereocenters. The second-order valence-electron chi connectivity index (χ2n) is 3.38. The van der Waals surface area contributed by atoms with Crippen molar-refractivity contribution in [1.82, 2.24) is 0 Å². The van der Waals surface area contributed by atoms with Crippen LogP contribution < -0.4 is 0 Å². The molecule has 0 rings (SSSR count). The van der Waals surface area contributed by atoms with Gasteiger partial charge in [-0.3, -0.25) is 4.79 Å². The highest BCUT2D eigenvalue weighted by Crippen LogP contribution is 2.11. The molecule has 0 bridgehead atoms. The Bertz CT molecular complexity index is 121. The van der Waals surface area contributed by atoms with Crippen LogP contribution in [0.5, 0.6) is 0 Å². The lowest BCUT2D eigenvalue weighted by Crippen LogP contribution is -2.05. The number of esters is 1. The second-order valence-corrected chi connectivity index (χ2v) is 3.38. The van der Waals surface area contributed by atoms with E-state index in [9.17, 15) is 4.79 Å². The van der Waals surface area contributed by atoms with E-state index < -0.39 is 0 Å². The average molecular weight is 172 g/mol. The van der Waals surface area contributed by atoms with Crippen molar-refractivity contribution in [3.8, 4) is 0 Å². The summed E-state index contributed by atoms with van der Waals surface area (Å²) < 4.78 is 4.85. The third kappa shape index (κ3) is 7.58. The summed E-state index contributed by atoms with van der Waals surface area (Å²) in [4.78, 5) is 10.4. The fourth-order valence-electron chi connectivity index (χ4n) is 1.10. The van der Waals surface area contributed by atoms with Crippen molar-refractivity contribution in [3.63, 3.8) is 0 Å². The molecule has 0 saturated heterocycles. The van der Waals surface area contributed by atoms with Gasteiger partial charge >= 0.3 is 5.97 Å². The van der Waals surface area contributed by atoms with E-state index in [1.165, 1.54) is 26.2 Å². The first-order chi connectivity index (χ1) is 5.66. The minimum Gasteiger partial charge on any atom is -0.466 e. The molecule has 0 aromatic heterocycles. The van der Waals surface area contributed by atoms with Crippen LogP contribution in [0.3, 0.4) is 0 Å². The Kier molecular flexibility index (Phi) is 6.82. The standard InChI is InChI=1S/C10H20O2/c1-4-5-6-9(2)7-8-12-10(3)11/h9H,4-8H2,1-3H3/t9-/m1/s1. The molecule has 0 radical (unpaired) electrons. The van der Waals surface area contributed by atoms with Crippen molar-refractivity contribution in [2.24, 2.45) is 5.92 Å². The molecule has 0 fully saturated rings. The van der Waals surface area contributed by atoms with E-state index in [1.54, 1.807) is 0 Å². The Morgan fingerprint density at radius 2 is 2.08 bits per heavy atom. The molecule has 0 aromatic carbocycles. The van der Waals surface area contributed by atoms with E-state index in [2.05, 4.69) is 13.8 Å². The Hall–Kier alpha value is -0.530. The Morgan fingerprint density at radius 3 is 2.58 bits per heavy atom. The zero-order valence-electron chi connectivity index (χ0n) is 8.43. The van der Waals surface area contributed by atoms with Gasteiger partial charge in [-0.05, 0) is 12.3 Å². The fraction of sp³-hybridized carbons (Fsp3) is 0.900. The first kappa shape index (κ1) is 11.5. The fourth-order valence-corrected chi connectivity index (χ4v) is 1.10. The lowest BCUT2D eigenvalue weighted by molar-refractivity contribution is -0.141. The second kappa shape index (κ2) is 7.14. The van der Waals surface area contributed by atoms with Crippen LogP contribution >= 0.6 is 0 Å². The van der Waals surface area contributed by atoms with E-state index in [4.69, 9.17) is 4.74 Å². The summed E-state index contributed by atoms with van der Waals surface area (Å²) in [6, 6.07) is 0. The van der Waals surface area contributed by atoms with Crippen LogP contribution in [0.1, 0.15) is 46.5 Å². The maximum absolute atomic E-state index is 10.4. The monoisotopic (exact) mass is 172 g/mol. The maximum atomic E-state index is 10.4. The summed E-state index contributed by atoms with van der Waals surface area (Å²) in [6.07, 6.45) is 4.77. The summed E-state index contributed by atoms with van der Waals surface area (Å²) in [5, 5.41) is 0. The number of hydrogen-bond donors (Lipinski definition) is 0. The molecule has 0 heterocycles. The molecule has 1 atom stereocenters.